The topological polar surface area (TPSA) is 36.9 Å². The number of halogens is 1. The third-order valence-electron chi connectivity index (χ3n) is 3.49. The highest BCUT2D eigenvalue weighted by Crippen LogP contribution is 2.28. The largest absolute Gasteiger partial charge is 0.379 e. The Balaban J connectivity index is 0.00000220. The van der Waals surface area contributed by atoms with E-state index in [1.54, 1.807) is 0 Å². The molecule has 0 aromatic heterocycles. The van der Waals surface area contributed by atoms with E-state index in [4.69, 9.17) is 4.74 Å². The lowest BCUT2D eigenvalue weighted by molar-refractivity contribution is 0.115. The van der Waals surface area contributed by atoms with Crippen molar-refractivity contribution in [1.82, 2.24) is 10.2 Å². The lowest BCUT2D eigenvalue weighted by atomic mass is 10.2. The molecule has 0 radical (unpaired) electrons. The summed E-state index contributed by atoms with van der Waals surface area (Å²) in [4.78, 5) is 6.41. The van der Waals surface area contributed by atoms with Crippen molar-refractivity contribution >= 4 is 29.9 Å². The molecule has 1 aromatic rings. The van der Waals surface area contributed by atoms with Crippen LogP contribution < -0.4 is 5.32 Å². The Morgan fingerprint density at radius 2 is 2.05 bits per heavy atom. The van der Waals surface area contributed by atoms with Crippen LogP contribution in [0, 0.1) is 5.92 Å². The number of hydrogen-bond acceptors (Lipinski definition) is 2. The van der Waals surface area contributed by atoms with Crippen molar-refractivity contribution < 1.29 is 4.74 Å². The van der Waals surface area contributed by atoms with Crippen LogP contribution in [0.5, 0.6) is 0 Å². The molecule has 0 heterocycles. The third-order valence-corrected chi connectivity index (χ3v) is 3.49. The maximum atomic E-state index is 5.66. The average molecular weight is 403 g/mol. The van der Waals surface area contributed by atoms with Crippen LogP contribution in [0.3, 0.4) is 0 Å². The van der Waals surface area contributed by atoms with Crippen LogP contribution in [0.25, 0.3) is 0 Å². The van der Waals surface area contributed by atoms with E-state index >= 15 is 0 Å². The van der Waals surface area contributed by atoms with Gasteiger partial charge in [-0.15, -0.1) is 24.0 Å². The van der Waals surface area contributed by atoms with Crippen LogP contribution in [0.2, 0.25) is 0 Å². The Morgan fingerprint density at radius 3 is 2.67 bits per heavy atom. The number of benzene rings is 1. The summed E-state index contributed by atoms with van der Waals surface area (Å²) in [6, 6.07) is 10.4. The molecule has 21 heavy (non-hydrogen) atoms. The second-order valence-corrected chi connectivity index (χ2v) is 5.33. The number of nitrogens with zero attached hydrogens (tertiary/aromatic N) is 2. The highest BCUT2D eigenvalue weighted by Gasteiger charge is 2.21. The van der Waals surface area contributed by atoms with Gasteiger partial charge in [0.05, 0.1) is 6.61 Å². The molecule has 0 spiro atoms. The van der Waals surface area contributed by atoms with Crippen molar-refractivity contribution in [2.75, 3.05) is 33.9 Å². The summed E-state index contributed by atoms with van der Waals surface area (Å²) in [6.07, 6.45) is 2.69. The molecule has 0 saturated heterocycles. The van der Waals surface area contributed by atoms with E-state index in [1.165, 1.54) is 18.4 Å². The predicted molar refractivity (Wildman–Crippen MR) is 98.2 cm³/mol. The molecule has 1 aromatic carbocycles. The minimum Gasteiger partial charge on any atom is -0.379 e. The molecule has 0 unspecified atom stereocenters. The predicted octanol–water partition coefficient (Wildman–Crippen LogP) is 2.74. The van der Waals surface area contributed by atoms with E-state index in [9.17, 15) is 0 Å². The minimum absolute atomic E-state index is 0. The van der Waals surface area contributed by atoms with E-state index in [1.807, 2.05) is 20.2 Å². The summed E-state index contributed by atoms with van der Waals surface area (Å²) >= 11 is 0. The summed E-state index contributed by atoms with van der Waals surface area (Å²) < 4.78 is 5.66. The Kier molecular flexibility index (Phi) is 8.68. The van der Waals surface area contributed by atoms with Crippen LogP contribution >= 0.6 is 24.0 Å². The first-order chi connectivity index (χ1) is 9.79. The molecule has 118 valence electrons. The summed E-state index contributed by atoms with van der Waals surface area (Å²) in [5, 5.41) is 3.37. The Hall–Kier alpha value is -0.820. The zero-order chi connectivity index (χ0) is 14.2. The monoisotopic (exact) mass is 403 g/mol. The third kappa shape index (κ3) is 7.13. The number of aliphatic imine (C=N–C) groups is 1. The lowest BCUT2D eigenvalue weighted by Crippen LogP contribution is -2.40. The number of likely N-dealkylation sites (N-methyl/N-ethyl adjacent to an activating group) is 1. The van der Waals surface area contributed by atoms with Gasteiger partial charge in [-0.1, -0.05) is 30.3 Å². The highest BCUT2D eigenvalue weighted by molar-refractivity contribution is 14.0. The van der Waals surface area contributed by atoms with Gasteiger partial charge in [0.1, 0.15) is 0 Å². The first kappa shape index (κ1) is 18.2. The SMILES string of the molecule is CN=C(NCc1ccccc1)N(C)CCOCC1CC1.I. The number of hydrogen-bond donors (Lipinski definition) is 1. The molecule has 2 rings (SSSR count). The zero-order valence-corrected chi connectivity index (χ0v) is 15.2. The standard InChI is InChI=1S/C16H25N3O.HI/c1-17-16(18-12-14-6-4-3-5-7-14)19(2)10-11-20-13-15-8-9-15;/h3-7,15H,8-13H2,1-2H3,(H,17,18);1H. The first-order valence-corrected chi connectivity index (χ1v) is 7.33. The van der Waals surface area contributed by atoms with Crippen molar-refractivity contribution in [3.05, 3.63) is 35.9 Å². The zero-order valence-electron chi connectivity index (χ0n) is 12.9. The van der Waals surface area contributed by atoms with E-state index in [-0.39, 0.29) is 24.0 Å². The van der Waals surface area contributed by atoms with Crippen molar-refractivity contribution in [2.24, 2.45) is 10.9 Å². The molecule has 1 N–H and O–H groups in total. The summed E-state index contributed by atoms with van der Waals surface area (Å²) in [5.41, 5.74) is 1.26. The van der Waals surface area contributed by atoms with Gasteiger partial charge < -0.3 is 15.0 Å². The quantitative estimate of drug-likeness (QED) is 0.329. The van der Waals surface area contributed by atoms with E-state index < -0.39 is 0 Å². The first-order valence-electron chi connectivity index (χ1n) is 7.33. The summed E-state index contributed by atoms with van der Waals surface area (Å²) in [6.45, 7) is 3.34. The molecule has 0 atom stereocenters. The van der Waals surface area contributed by atoms with Crippen LogP contribution in [-0.4, -0.2) is 44.7 Å². The molecule has 1 saturated carbocycles. The fourth-order valence-corrected chi connectivity index (χ4v) is 2.00. The highest BCUT2D eigenvalue weighted by atomic mass is 127. The minimum atomic E-state index is 0. The second kappa shape index (κ2) is 10.00. The van der Waals surface area contributed by atoms with Gasteiger partial charge in [-0.05, 0) is 24.3 Å². The Labute approximate surface area is 145 Å². The Morgan fingerprint density at radius 1 is 1.33 bits per heavy atom. The molecule has 0 bridgehead atoms. The maximum Gasteiger partial charge on any atom is 0.193 e. The average Bonchev–Trinajstić information content (AvgIpc) is 3.29. The summed E-state index contributed by atoms with van der Waals surface area (Å²) in [5.74, 6) is 1.74. The van der Waals surface area contributed by atoms with Crippen LogP contribution in [0.15, 0.2) is 35.3 Å². The van der Waals surface area contributed by atoms with Gasteiger partial charge in [-0.2, -0.15) is 0 Å². The van der Waals surface area contributed by atoms with Crippen molar-refractivity contribution in [3.8, 4) is 0 Å². The molecule has 4 nitrogen and oxygen atoms in total. The molecular formula is C16H26IN3O. The number of ether oxygens (including phenoxy) is 1. The van der Waals surface area contributed by atoms with Crippen LogP contribution in [0.1, 0.15) is 18.4 Å². The van der Waals surface area contributed by atoms with Crippen LogP contribution in [0.4, 0.5) is 0 Å². The van der Waals surface area contributed by atoms with E-state index in [0.717, 1.165) is 38.2 Å². The van der Waals surface area contributed by atoms with Gasteiger partial charge in [0.25, 0.3) is 0 Å². The van der Waals surface area contributed by atoms with Gasteiger partial charge in [-0.3, -0.25) is 4.99 Å². The number of nitrogens with one attached hydrogen (secondary N) is 1. The number of rotatable bonds is 7. The van der Waals surface area contributed by atoms with Crippen molar-refractivity contribution in [1.29, 1.82) is 0 Å². The van der Waals surface area contributed by atoms with Crippen LogP contribution in [-0.2, 0) is 11.3 Å². The van der Waals surface area contributed by atoms with Crippen molar-refractivity contribution in [2.45, 2.75) is 19.4 Å². The summed E-state index contributed by atoms with van der Waals surface area (Å²) in [7, 11) is 3.86. The molecule has 1 aliphatic rings. The lowest BCUT2D eigenvalue weighted by Gasteiger charge is -2.22. The second-order valence-electron chi connectivity index (χ2n) is 5.33. The van der Waals surface area contributed by atoms with Crippen molar-refractivity contribution in [3.63, 3.8) is 0 Å². The van der Waals surface area contributed by atoms with E-state index in [2.05, 4.69) is 39.5 Å². The van der Waals surface area contributed by atoms with Gasteiger partial charge in [0.2, 0.25) is 0 Å². The van der Waals surface area contributed by atoms with Gasteiger partial charge in [0.15, 0.2) is 5.96 Å². The smallest absolute Gasteiger partial charge is 0.193 e. The van der Waals surface area contributed by atoms with Gasteiger partial charge in [-0.25, -0.2) is 0 Å². The fourth-order valence-electron chi connectivity index (χ4n) is 2.00. The van der Waals surface area contributed by atoms with E-state index in [0.29, 0.717) is 0 Å². The molecule has 5 heteroatoms. The Bertz CT molecular complexity index is 421. The normalized spacial score (nSPS) is 14.5. The molecule has 1 aliphatic carbocycles. The molecular weight excluding hydrogens is 377 g/mol. The van der Waals surface area contributed by atoms with Gasteiger partial charge >= 0.3 is 0 Å². The fraction of sp³-hybridized carbons (Fsp3) is 0.562. The number of guanidine groups is 1. The van der Waals surface area contributed by atoms with Gasteiger partial charge in [0, 0.05) is 33.8 Å². The molecule has 0 amide bonds. The molecule has 1 fully saturated rings. The molecule has 0 aliphatic heterocycles. The maximum absolute atomic E-state index is 5.66.